The van der Waals surface area contributed by atoms with E-state index in [1.54, 1.807) is 24.3 Å². The highest BCUT2D eigenvalue weighted by Gasteiger charge is 2.44. The lowest BCUT2D eigenvalue weighted by Crippen LogP contribution is -2.56. The maximum absolute atomic E-state index is 12.5. The molecule has 0 radical (unpaired) electrons. The van der Waals surface area contributed by atoms with Crippen molar-refractivity contribution < 1.29 is 13.2 Å². The summed E-state index contributed by atoms with van der Waals surface area (Å²) in [6, 6.07) is 6.64. The Morgan fingerprint density at radius 1 is 1.19 bits per heavy atom. The van der Waals surface area contributed by atoms with Crippen LogP contribution in [-0.2, 0) is 14.8 Å². The molecule has 0 heterocycles. The normalized spacial score (nSPS) is 17.6. The molecule has 1 fully saturated rings. The molecule has 0 aliphatic heterocycles. The Morgan fingerprint density at radius 2 is 1.76 bits per heavy atom. The summed E-state index contributed by atoms with van der Waals surface area (Å²) in [5.41, 5.74) is -0.00651. The zero-order valence-electron chi connectivity index (χ0n) is 12.5. The summed E-state index contributed by atoms with van der Waals surface area (Å²) in [4.78, 5) is 12.5. The van der Waals surface area contributed by atoms with Crippen molar-refractivity contribution in [3.8, 4) is 0 Å². The van der Waals surface area contributed by atoms with Crippen molar-refractivity contribution in [3.05, 3.63) is 29.8 Å². The minimum absolute atomic E-state index is 0.198. The molecule has 1 saturated carbocycles. The van der Waals surface area contributed by atoms with Gasteiger partial charge in [-0.05, 0) is 38.8 Å². The first kappa shape index (κ1) is 16.0. The quantitative estimate of drug-likeness (QED) is 0.869. The van der Waals surface area contributed by atoms with E-state index in [1.165, 1.54) is 0 Å². The molecular weight excluding hydrogens is 288 g/mol. The van der Waals surface area contributed by atoms with Gasteiger partial charge in [0.05, 0.1) is 4.90 Å². The number of sulfonamides is 1. The third-order valence-electron chi connectivity index (χ3n) is 3.89. The number of hydrogen-bond donors (Lipinski definition) is 2. The van der Waals surface area contributed by atoms with Crippen molar-refractivity contribution in [1.82, 2.24) is 10.0 Å². The predicted octanol–water partition coefficient (Wildman–Crippen LogP) is 1.72. The van der Waals surface area contributed by atoms with Crippen LogP contribution in [0, 0.1) is 6.92 Å². The number of nitrogens with one attached hydrogen (secondary N) is 2. The molecule has 1 aliphatic carbocycles. The molecule has 1 aliphatic rings. The number of aryl methyl sites for hydroxylation is 1. The number of likely N-dealkylation sites (N-methyl/N-ethyl adjacent to an activating group) is 1. The lowest BCUT2D eigenvalue weighted by molar-refractivity contribution is -0.126. The Balaban J connectivity index is 2.28. The van der Waals surface area contributed by atoms with Crippen LogP contribution in [0.4, 0.5) is 0 Å². The summed E-state index contributed by atoms with van der Waals surface area (Å²) < 4.78 is 27.7. The van der Waals surface area contributed by atoms with Gasteiger partial charge in [-0.1, -0.05) is 30.5 Å². The molecule has 0 aromatic heterocycles. The first-order chi connectivity index (χ1) is 9.89. The van der Waals surface area contributed by atoms with Gasteiger partial charge < -0.3 is 5.32 Å². The molecule has 2 N–H and O–H groups in total. The molecule has 0 atom stereocenters. The van der Waals surface area contributed by atoms with E-state index in [0.29, 0.717) is 19.4 Å². The molecule has 0 saturated heterocycles. The number of rotatable bonds is 5. The van der Waals surface area contributed by atoms with Crippen molar-refractivity contribution in [2.75, 3.05) is 6.54 Å². The molecule has 0 bridgehead atoms. The van der Waals surface area contributed by atoms with Crippen LogP contribution in [-0.4, -0.2) is 26.4 Å². The third-order valence-corrected chi connectivity index (χ3v) is 5.44. The smallest absolute Gasteiger partial charge is 0.241 e. The summed E-state index contributed by atoms with van der Waals surface area (Å²) in [5.74, 6) is -0.224. The van der Waals surface area contributed by atoms with Gasteiger partial charge in [0.1, 0.15) is 5.54 Å². The lowest BCUT2D eigenvalue weighted by Gasteiger charge is -2.28. The largest absolute Gasteiger partial charge is 0.355 e. The van der Waals surface area contributed by atoms with Gasteiger partial charge in [0.2, 0.25) is 15.9 Å². The second kappa shape index (κ2) is 6.15. The van der Waals surface area contributed by atoms with E-state index in [-0.39, 0.29) is 10.8 Å². The van der Waals surface area contributed by atoms with E-state index < -0.39 is 15.6 Å². The van der Waals surface area contributed by atoms with Crippen LogP contribution >= 0.6 is 0 Å². The van der Waals surface area contributed by atoms with E-state index in [1.807, 2.05) is 13.8 Å². The Kier molecular flexibility index (Phi) is 4.68. The second-order valence-corrected chi connectivity index (χ2v) is 7.25. The van der Waals surface area contributed by atoms with Gasteiger partial charge in [0, 0.05) is 6.54 Å². The van der Waals surface area contributed by atoms with E-state index >= 15 is 0 Å². The first-order valence-corrected chi connectivity index (χ1v) is 8.77. The van der Waals surface area contributed by atoms with Gasteiger partial charge in [0.25, 0.3) is 0 Å². The fourth-order valence-corrected chi connectivity index (χ4v) is 4.14. The zero-order valence-corrected chi connectivity index (χ0v) is 13.3. The Hall–Kier alpha value is -1.40. The van der Waals surface area contributed by atoms with Gasteiger partial charge in [-0.2, -0.15) is 4.72 Å². The third kappa shape index (κ3) is 3.44. The molecule has 6 heteroatoms. The summed E-state index contributed by atoms with van der Waals surface area (Å²) in [7, 11) is -3.69. The van der Waals surface area contributed by atoms with Crippen molar-refractivity contribution in [2.45, 2.75) is 50.0 Å². The van der Waals surface area contributed by atoms with Crippen molar-refractivity contribution in [3.63, 3.8) is 0 Å². The number of carbonyl (C=O) groups excluding carboxylic acids is 1. The highest BCUT2D eigenvalue weighted by Crippen LogP contribution is 2.31. The summed E-state index contributed by atoms with van der Waals surface area (Å²) in [6.45, 7) is 4.22. The highest BCUT2D eigenvalue weighted by molar-refractivity contribution is 7.89. The standard InChI is InChI=1S/C15H22N2O3S/c1-3-16-14(18)15(10-4-5-11-15)17-21(19,20)13-8-6-12(2)7-9-13/h6-9,17H,3-5,10-11H2,1-2H3,(H,16,18). The molecule has 1 amide bonds. The van der Waals surface area contributed by atoms with E-state index in [4.69, 9.17) is 0 Å². The monoisotopic (exact) mass is 310 g/mol. The van der Waals surface area contributed by atoms with Crippen molar-refractivity contribution in [2.24, 2.45) is 0 Å². The van der Waals surface area contributed by atoms with Crippen LogP contribution in [0.1, 0.15) is 38.2 Å². The number of carbonyl (C=O) groups is 1. The fourth-order valence-electron chi connectivity index (χ4n) is 2.72. The fraction of sp³-hybridized carbons (Fsp3) is 0.533. The maximum atomic E-state index is 12.5. The minimum atomic E-state index is -3.69. The molecule has 1 aromatic rings. The van der Waals surface area contributed by atoms with Gasteiger partial charge in [0.15, 0.2) is 0 Å². The molecule has 0 unspecified atom stereocenters. The van der Waals surface area contributed by atoms with Crippen LogP contribution in [0.2, 0.25) is 0 Å². The van der Waals surface area contributed by atoms with Crippen molar-refractivity contribution in [1.29, 1.82) is 0 Å². The highest BCUT2D eigenvalue weighted by atomic mass is 32.2. The van der Waals surface area contributed by atoms with E-state index in [9.17, 15) is 13.2 Å². The van der Waals surface area contributed by atoms with E-state index in [0.717, 1.165) is 18.4 Å². The van der Waals surface area contributed by atoms with Crippen LogP contribution in [0.3, 0.4) is 0 Å². The SMILES string of the molecule is CCNC(=O)C1(NS(=O)(=O)c2ccc(C)cc2)CCCC1. The second-order valence-electron chi connectivity index (χ2n) is 5.57. The first-order valence-electron chi connectivity index (χ1n) is 7.28. The van der Waals surface area contributed by atoms with Crippen LogP contribution < -0.4 is 10.0 Å². The summed E-state index contributed by atoms with van der Waals surface area (Å²) in [5, 5.41) is 2.75. The van der Waals surface area contributed by atoms with Gasteiger partial charge in [-0.25, -0.2) is 8.42 Å². The van der Waals surface area contributed by atoms with E-state index in [2.05, 4.69) is 10.0 Å². The molecular formula is C15H22N2O3S. The topological polar surface area (TPSA) is 75.3 Å². The lowest BCUT2D eigenvalue weighted by atomic mass is 9.98. The van der Waals surface area contributed by atoms with Gasteiger partial charge in [-0.15, -0.1) is 0 Å². The molecule has 5 nitrogen and oxygen atoms in total. The number of benzene rings is 1. The number of hydrogen-bond acceptors (Lipinski definition) is 3. The average Bonchev–Trinajstić information content (AvgIpc) is 2.88. The van der Waals surface area contributed by atoms with Crippen LogP contribution in [0.5, 0.6) is 0 Å². The van der Waals surface area contributed by atoms with Crippen LogP contribution in [0.25, 0.3) is 0 Å². The van der Waals surface area contributed by atoms with Gasteiger partial charge in [-0.3, -0.25) is 4.79 Å². The summed E-state index contributed by atoms with van der Waals surface area (Å²) in [6.07, 6.45) is 2.80. The number of amides is 1. The molecule has 2 rings (SSSR count). The van der Waals surface area contributed by atoms with Crippen molar-refractivity contribution >= 4 is 15.9 Å². The molecule has 1 aromatic carbocycles. The molecule has 0 spiro atoms. The summed E-state index contributed by atoms with van der Waals surface area (Å²) >= 11 is 0. The van der Waals surface area contributed by atoms with Gasteiger partial charge >= 0.3 is 0 Å². The minimum Gasteiger partial charge on any atom is -0.355 e. The maximum Gasteiger partial charge on any atom is 0.241 e. The Morgan fingerprint density at radius 3 is 2.29 bits per heavy atom. The average molecular weight is 310 g/mol. The Labute approximate surface area is 126 Å². The zero-order chi connectivity index (χ0) is 15.5. The van der Waals surface area contributed by atoms with Crippen LogP contribution in [0.15, 0.2) is 29.2 Å². The predicted molar refractivity (Wildman–Crippen MR) is 81.4 cm³/mol. The molecule has 116 valence electrons. The molecule has 21 heavy (non-hydrogen) atoms. The Bertz CT molecular complexity index is 602.